The lowest BCUT2D eigenvalue weighted by molar-refractivity contribution is 0.673. The van der Waals surface area contributed by atoms with Crippen LogP contribution >= 0.6 is 0 Å². The quantitative estimate of drug-likeness (QED) is 0.394. The molecular formula is C19H13NO. The van der Waals surface area contributed by atoms with E-state index in [0.717, 1.165) is 22.2 Å². The van der Waals surface area contributed by atoms with Gasteiger partial charge in [-0.25, -0.2) is 0 Å². The van der Waals surface area contributed by atoms with Crippen LogP contribution in [-0.4, -0.2) is 4.98 Å². The molecule has 2 aromatic heterocycles. The Morgan fingerprint density at radius 2 is 1.57 bits per heavy atom. The molecule has 0 saturated heterocycles. The highest BCUT2D eigenvalue weighted by atomic mass is 16.3. The number of fused-ring (bicyclic) bond motifs is 7. The number of aromatic amines is 1. The number of hydrogen-bond donors (Lipinski definition) is 1. The van der Waals surface area contributed by atoms with Crippen LogP contribution in [0.2, 0.25) is 0 Å². The van der Waals surface area contributed by atoms with Crippen LogP contribution in [0.25, 0.3) is 43.7 Å². The number of aryl methyl sites for hydroxylation is 1. The molecule has 1 N–H and O–H groups in total. The van der Waals surface area contributed by atoms with Gasteiger partial charge < -0.3 is 9.40 Å². The Morgan fingerprint density at radius 1 is 0.810 bits per heavy atom. The van der Waals surface area contributed by atoms with Gasteiger partial charge in [-0.05, 0) is 30.7 Å². The summed E-state index contributed by atoms with van der Waals surface area (Å²) in [5, 5.41) is 4.82. The van der Waals surface area contributed by atoms with Gasteiger partial charge in [-0.2, -0.15) is 0 Å². The van der Waals surface area contributed by atoms with E-state index in [1.54, 1.807) is 0 Å². The first-order chi connectivity index (χ1) is 10.3. The highest BCUT2D eigenvalue weighted by molar-refractivity contribution is 6.23. The zero-order valence-electron chi connectivity index (χ0n) is 11.6. The predicted molar refractivity (Wildman–Crippen MR) is 87.8 cm³/mol. The Kier molecular flexibility index (Phi) is 1.92. The van der Waals surface area contributed by atoms with Gasteiger partial charge in [0.1, 0.15) is 11.2 Å². The Bertz CT molecular complexity index is 1140. The molecule has 0 amide bonds. The zero-order chi connectivity index (χ0) is 14.0. The third-order valence-electron chi connectivity index (χ3n) is 4.31. The second-order valence-electron chi connectivity index (χ2n) is 5.59. The van der Waals surface area contributed by atoms with Crippen molar-refractivity contribution in [3.05, 3.63) is 60.2 Å². The highest BCUT2D eigenvalue weighted by Crippen LogP contribution is 2.39. The molecule has 0 spiro atoms. The molecule has 0 aliphatic rings. The normalized spacial score (nSPS) is 12.0. The van der Waals surface area contributed by atoms with Crippen LogP contribution < -0.4 is 0 Å². The van der Waals surface area contributed by atoms with Crippen LogP contribution in [0, 0.1) is 6.92 Å². The molecule has 21 heavy (non-hydrogen) atoms. The van der Waals surface area contributed by atoms with Crippen molar-refractivity contribution in [1.29, 1.82) is 0 Å². The van der Waals surface area contributed by atoms with E-state index < -0.39 is 0 Å². The minimum Gasteiger partial charge on any atom is -0.455 e. The van der Waals surface area contributed by atoms with E-state index in [4.69, 9.17) is 4.42 Å². The van der Waals surface area contributed by atoms with Crippen molar-refractivity contribution in [2.75, 3.05) is 0 Å². The lowest BCUT2D eigenvalue weighted by Crippen LogP contribution is -1.77. The van der Waals surface area contributed by atoms with Crippen molar-refractivity contribution in [3.8, 4) is 0 Å². The van der Waals surface area contributed by atoms with Crippen molar-refractivity contribution in [3.63, 3.8) is 0 Å². The van der Waals surface area contributed by atoms with E-state index in [0.29, 0.717) is 0 Å². The van der Waals surface area contributed by atoms with Crippen molar-refractivity contribution in [1.82, 2.24) is 4.98 Å². The number of nitrogens with one attached hydrogen (secondary N) is 1. The van der Waals surface area contributed by atoms with Gasteiger partial charge in [-0.15, -0.1) is 0 Å². The van der Waals surface area contributed by atoms with Crippen LogP contribution in [0.1, 0.15) is 5.56 Å². The Morgan fingerprint density at radius 3 is 2.48 bits per heavy atom. The van der Waals surface area contributed by atoms with Gasteiger partial charge in [0.15, 0.2) is 0 Å². The number of rotatable bonds is 0. The number of para-hydroxylation sites is 2. The molecule has 0 saturated carbocycles. The fourth-order valence-corrected chi connectivity index (χ4v) is 3.42. The SMILES string of the molecule is Cc1cc2[nH]c3ccccc3c2c2oc3ccccc3c12. The largest absolute Gasteiger partial charge is 0.455 e. The molecule has 3 aromatic carbocycles. The van der Waals surface area contributed by atoms with Crippen molar-refractivity contribution < 1.29 is 4.42 Å². The smallest absolute Gasteiger partial charge is 0.145 e. The van der Waals surface area contributed by atoms with E-state index in [1.165, 1.54) is 27.1 Å². The second-order valence-corrected chi connectivity index (χ2v) is 5.59. The fraction of sp³-hybridized carbons (Fsp3) is 0.0526. The van der Waals surface area contributed by atoms with E-state index >= 15 is 0 Å². The summed E-state index contributed by atoms with van der Waals surface area (Å²) in [4.78, 5) is 3.50. The third kappa shape index (κ3) is 1.32. The van der Waals surface area contributed by atoms with Crippen LogP contribution in [0.15, 0.2) is 59.0 Å². The van der Waals surface area contributed by atoms with E-state index in [2.05, 4.69) is 54.4 Å². The summed E-state index contributed by atoms with van der Waals surface area (Å²) < 4.78 is 6.19. The van der Waals surface area contributed by atoms with Crippen LogP contribution in [0.5, 0.6) is 0 Å². The minimum atomic E-state index is 0.952. The molecule has 0 aliphatic heterocycles. The molecule has 5 rings (SSSR count). The summed E-state index contributed by atoms with van der Waals surface area (Å²) in [7, 11) is 0. The monoisotopic (exact) mass is 271 g/mol. The maximum Gasteiger partial charge on any atom is 0.145 e. The Labute approximate surface area is 121 Å². The Balaban J connectivity index is 2.17. The number of H-pyrrole nitrogens is 1. The van der Waals surface area contributed by atoms with Crippen LogP contribution in [0.3, 0.4) is 0 Å². The topological polar surface area (TPSA) is 28.9 Å². The predicted octanol–water partition coefficient (Wildman–Crippen LogP) is 5.53. The Hall–Kier alpha value is -2.74. The number of aromatic nitrogens is 1. The fourth-order valence-electron chi connectivity index (χ4n) is 3.42. The molecule has 100 valence electrons. The highest BCUT2D eigenvalue weighted by Gasteiger charge is 2.15. The number of hydrogen-bond acceptors (Lipinski definition) is 1. The molecule has 0 radical (unpaired) electrons. The first kappa shape index (κ1) is 11.0. The van der Waals surface area contributed by atoms with Gasteiger partial charge in [0.05, 0.1) is 10.9 Å². The van der Waals surface area contributed by atoms with Gasteiger partial charge in [0.25, 0.3) is 0 Å². The molecule has 2 nitrogen and oxygen atoms in total. The summed E-state index contributed by atoms with van der Waals surface area (Å²) in [5.74, 6) is 0. The minimum absolute atomic E-state index is 0.952. The molecule has 0 atom stereocenters. The van der Waals surface area contributed by atoms with Gasteiger partial charge in [-0.3, -0.25) is 0 Å². The summed E-state index contributed by atoms with van der Waals surface area (Å²) in [6, 6.07) is 18.9. The average molecular weight is 271 g/mol. The zero-order valence-corrected chi connectivity index (χ0v) is 11.6. The molecule has 2 heteroatoms. The third-order valence-corrected chi connectivity index (χ3v) is 4.31. The number of furan rings is 1. The lowest BCUT2D eigenvalue weighted by Gasteiger charge is -1.98. The summed E-state index contributed by atoms with van der Waals surface area (Å²) in [6.07, 6.45) is 0. The van der Waals surface area contributed by atoms with Crippen molar-refractivity contribution in [2.45, 2.75) is 6.92 Å². The van der Waals surface area contributed by atoms with Gasteiger partial charge in [0, 0.05) is 21.7 Å². The maximum atomic E-state index is 6.19. The summed E-state index contributed by atoms with van der Waals surface area (Å²) >= 11 is 0. The van der Waals surface area contributed by atoms with Crippen molar-refractivity contribution >= 4 is 43.7 Å². The van der Waals surface area contributed by atoms with Gasteiger partial charge in [-0.1, -0.05) is 36.4 Å². The van der Waals surface area contributed by atoms with Crippen LogP contribution in [-0.2, 0) is 0 Å². The standard InChI is InChI=1S/C19H13NO/c1-11-10-15-18(12-6-2-4-8-14(12)20-15)19-17(11)13-7-3-5-9-16(13)21-19/h2-10,20H,1H3. The lowest BCUT2D eigenvalue weighted by atomic mass is 10.0. The number of benzene rings is 3. The molecule has 0 fully saturated rings. The summed E-state index contributed by atoms with van der Waals surface area (Å²) in [6.45, 7) is 2.15. The van der Waals surface area contributed by atoms with E-state index in [9.17, 15) is 0 Å². The molecule has 2 heterocycles. The summed E-state index contributed by atoms with van der Waals surface area (Å²) in [5.41, 5.74) is 5.48. The first-order valence-electron chi connectivity index (χ1n) is 7.14. The molecule has 5 aromatic rings. The first-order valence-corrected chi connectivity index (χ1v) is 7.14. The maximum absolute atomic E-state index is 6.19. The molecule has 0 bridgehead atoms. The van der Waals surface area contributed by atoms with E-state index in [1.807, 2.05) is 12.1 Å². The van der Waals surface area contributed by atoms with Crippen LogP contribution in [0.4, 0.5) is 0 Å². The molecule has 0 aliphatic carbocycles. The van der Waals surface area contributed by atoms with Gasteiger partial charge in [0.2, 0.25) is 0 Å². The van der Waals surface area contributed by atoms with Crippen molar-refractivity contribution in [2.24, 2.45) is 0 Å². The average Bonchev–Trinajstić information content (AvgIpc) is 3.04. The molecular weight excluding hydrogens is 258 g/mol. The molecule has 0 unspecified atom stereocenters. The second kappa shape index (κ2) is 3.67. The van der Waals surface area contributed by atoms with E-state index in [-0.39, 0.29) is 0 Å². The van der Waals surface area contributed by atoms with Gasteiger partial charge >= 0.3 is 0 Å².